The van der Waals surface area contributed by atoms with Crippen LogP contribution >= 0.6 is 0 Å². The third-order valence-electron chi connectivity index (χ3n) is 8.37. The minimum Gasteiger partial charge on any atom is -0.293 e. The predicted octanol–water partition coefficient (Wildman–Crippen LogP) is 5.40. The molecule has 0 radical (unpaired) electrons. The number of fused-ring (bicyclic) bond motifs is 5. The minimum absolute atomic E-state index is 0.129. The second kappa shape index (κ2) is 8.64. The van der Waals surface area contributed by atoms with E-state index in [0.717, 1.165) is 11.1 Å². The van der Waals surface area contributed by atoms with Crippen LogP contribution in [-0.4, -0.2) is 39.5 Å². The molecule has 7 rings (SSSR count). The SMILES string of the molecule is O=C(c1ccccc1)[C@@H]1[C@H](c2ccc([N+](=O)[O-])cc2)C2(C(=O)c3ccccc3C2=O)[C@H]2c3ccccc3C=NN12. The van der Waals surface area contributed by atoms with E-state index in [2.05, 4.69) is 0 Å². The lowest BCUT2D eigenvalue weighted by molar-refractivity contribution is -0.384. The Labute approximate surface area is 228 Å². The maximum absolute atomic E-state index is 14.6. The molecule has 0 unspecified atom stereocenters. The maximum atomic E-state index is 14.6. The first kappa shape index (κ1) is 23.8. The van der Waals surface area contributed by atoms with Gasteiger partial charge in [0.2, 0.25) is 0 Å². The van der Waals surface area contributed by atoms with E-state index in [-0.39, 0.29) is 23.0 Å². The van der Waals surface area contributed by atoms with E-state index in [9.17, 15) is 24.5 Å². The molecule has 1 spiro atoms. The average molecular weight is 528 g/mol. The largest absolute Gasteiger partial charge is 0.293 e. The smallest absolute Gasteiger partial charge is 0.269 e. The quantitative estimate of drug-likeness (QED) is 0.152. The van der Waals surface area contributed by atoms with Crippen LogP contribution in [0.5, 0.6) is 0 Å². The van der Waals surface area contributed by atoms with Crippen molar-refractivity contribution in [3.63, 3.8) is 0 Å². The first-order chi connectivity index (χ1) is 19.4. The molecule has 2 heterocycles. The van der Waals surface area contributed by atoms with Crippen molar-refractivity contribution in [2.75, 3.05) is 0 Å². The molecule has 1 aliphatic carbocycles. The molecule has 1 saturated heterocycles. The van der Waals surface area contributed by atoms with E-state index >= 15 is 0 Å². The number of non-ortho nitro benzene ring substituents is 1. The molecule has 1 fully saturated rings. The van der Waals surface area contributed by atoms with E-state index in [1.54, 1.807) is 78.0 Å². The summed E-state index contributed by atoms with van der Waals surface area (Å²) < 4.78 is 0. The van der Waals surface area contributed by atoms with Crippen LogP contribution in [0.4, 0.5) is 5.69 Å². The van der Waals surface area contributed by atoms with Crippen molar-refractivity contribution in [3.8, 4) is 0 Å². The number of carbonyl (C=O) groups is 3. The van der Waals surface area contributed by atoms with Gasteiger partial charge in [0, 0.05) is 34.7 Å². The summed E-state index contributed by atoms with van der Waals surface area (Å²) >= 11 is 0. The number of nitro groups is 1. The van der Waals surface area contributed by atoms with Crippen molar-refractivity contribution in [2.45, 2.75) is 18.0 Å². The van der Waals surface area contributed by atoms with Gasteiger partial charge in [0.15, 0.2) is 17.3 Å². The molecule has 2 aliphatic heterocycles. The summed E-state index contributed by atoms with van der Waals surface area (Å²) in [5.74, 6) is -2.01. The molecule has 0 saturated carbocycles. The summed E-state index contributed by atoms with van der Waals surface area (Å²) in [6.45, 7) is 0. The average Bonchev–Trinajstić information content (AvgIpc) is 3.43. The van der Waals surface area contributed by atoms with Gasteiger partial charge in [-0.05, 0) is 16.7 Å². The Hall–Kier alpha value is -5.24. The van der Waals surface area contributed by atoms with Crippen LogP contribution in [0.25, 0.3) is 0 Å². The van der Waals surface area contributed by atoms with E-state index in [0.29, 0.717) is 22.3 Å². The van der Waals surface area contributed by atoms with Crippen molar-refractivity contribution >= 4 is 29.3 Å². The lowest BCUT2D eigenvalue weighted by Gasteiger charge is -2.36. The van der Waals surface area contributed by atoms with Crippen LogP contribution < -0.4 is 0 Å². The second-order valence-electron chi connectivity index (χ2n) is 10.2. The van der Waals surface area contributed by atoms with Gasteiger partial charge in [-0.1, -0.05) is 91.0 Å². The summed E-state index contributed by atoms with van der Waals surface area (Å²) in [6, 6.07) is 26.8. The van der Waals surface area contributed by atoms with Gasteiger partial charge in [-0.3, -0.25) is 29.5 Å². The van der Waals surface area contributed by atoms with Crippen molar-refractivity contribution in [2.24, 2.45) is 10.5 Å². The van der Waals surface area contributed by atoms with Crippen LogP contribution in [0.3, 0.4) is 0 Å². The number of carbonyl (C=O) groups excluding carboxylic acids is 3. The van der Waals surface area contributed by atoms with Crippen molar-refractivity contribution in [1.82, 2.24) is 5.01 Å². The molecule has 194 valence electrons. The number of nitrogens with zero attached hydrogens (tertiary/aromatic N) is 3. The van der Waals surface area contributed by atoms with Crippen molar-refractivity contribution in [3.05, 3.63) is 147 Å². The summed E-state index contributed by atoms with van der Waals surface area (Å²) in [4.78, 5) is 54.6. The number of hydrazone groups is 1. The van der Waals surface area contributed by atoms with E-state index in [1.807, 2.05) is 24.3 Å². The Bertz CT molecular complexity index is 1730. The van der Waals surface area contributed by atoms with E-state index in [1.165, 1.54) is 12.1 Å². The summed E-state index contributed by atoms with van der Waals surface area (Å²) in [6.07, 6.45) is 1.65. The maximum Gasteiger partial charge on any atom is 0.269 e. The second-order valence-corrected chi connectivity index (χ2v) is 10.2. The van der Waals surface area contributed by atoms with E-state index in [4.69, 9.17) is 5.10 Å². The summed E-state index contributed by atoms with van der Waals surface area (Å²) in [5, 5.41) is 17.8. The fraction of sp³-hybridized carbons (Fsp3) is 0.125. The Kier molecular flexibility index (Phi) is 5.15. The first-order valence-electron chi connectivity index (χ1n) is 12.9. The van der Waals surface area contributed by atoms with Crippen LogP contribution in [0.15, 0.2) is 108 Å². The number of nitro benzene ring substituents is 1. The summed E-state index contributed by atoms with van der Waals surface area (Å²) in [7, 11) is 0. The standard InChI is InChI=1S/C32H21N3O5/c36-28(20-8-2-1-3-9-20)27-26(19-14-16-22(17-15-19)35(39)40)32(30(37)24-12-6-7-13-25(24)31(32)38)29-23-11-5-4-10-21(23)18-33-34(27)29/h1-18,26-27,29H/t26-,27-,29+/m0/s1. The molecule has 40 heavy (non-hydrogen) atoms. The Morgan fingerprint density at radius 2 is 1.40 bits per heavy atom. The molecular formula is C32H21N3O5. The van der Waals surface area contributed by atoms with Gasteiger partial charge in [-0.2, -0.15) is 5.10 Å². The molecule has 0 aromatic heterocycles. The highest BCUT2D eigenvalue weighted by Crippen LogP contribution is 2.64. The first-order valence-corrected chi connectivity index (χ1v) is 12.9. The third-order valence-corrected chi connectivity index (χ3v) is 8.37. The van der Waals surface area contributed by atoms with Gasteiger partial charge in [0.25, 0.3) is 5.69 Å². The molecule has 8 heteroatoms. The van der Waals surface area contributed by atoms with Crippen LogP contribution in [0.1, 0.15) is 59.7 Å². The van der Waals surface area contributed by atoms with Gasteiger partial charge in [0.05, 0.1) is 17.2 Å². The highest BCUT2D eigenvalue weighted by atomic mass is 16.6. The number of Topliss-reactive ketones (excluding diaryl/α,β-unsaturated/α-hetero) is 3. The fourth-order valence-corrected chi connectivity index (χ4v) is 6.73. The zero-order valence-electron chi connectivity index (χ0n) is 21.0. The molecule has 4 aromatic rings. The topological polar surface area (TPSA) is 110 Å². The zero-order valence-corrected chi connectivity index (χ0v) is 21.0. The predicted molar refractivity (Wildman–Crippen MR) is 147 cm³/mol. The van der Waals surface area contributed by atoms with Gasteiger partial charge >= 0.3 is 0 Å². The van der Waals surface area contributed by atoms with Crippen LogP contribution in [0.2, 0.25) is 0 Å². The minimum atomic E-state index is -1.72. The lowest BCUT2D eigenvalue weighted by Crippen LogP contribution is -2.43. The van der Waals surface area contributed by atoms with Gasteiger partial charge in [0.1, 0.15) is 11.5 Å². The number of ketones is 3. The monoisotopic (exact) mass is 527 g/mol. The highest BCUT2D eigenvalue weighted by Gasteiger charge is 2.72. The molecule has 3 aliphatic rings. The number of rotatable bonds is 4. The Morgan fingerprint density at radius 1 is 0.800 bits per heavy atom. The highest BCUT2D eigenvalue weighted by molar-refractivity contribution is 6.31. The van der Waals surface area contributed by atoms with E-state index < -0.39 is 28.3 Å². The molecular weight excluding hydrogens is 506 g/mol. The van der Waals surface area contributed by atoms with Gasteiger partial charge in [-0.25, -0.2) is 0 Å². The Morgan fingerprint density at radius 3 is 2.05 bits per heavy atom. The molecule has 0 bridgehead atoms. The number of hydrogen-bond acceptors (Lipinski definition) is 7. The normalized spacial score (nSPS) is 21.7. The molecule has 0 N–H and O–H groups in total. The number of benzene rings is 4. The molecule has 3 atom stereocenters. The Balaban J connectivity index is 1.55. The van der Waals surface area contributed by atoms with Crippen molar-refractivity contribution in [1.29, 1.82) is 0 Å². The fourth-order valence-electron chi connectivity index (χ4n) is 6.73. The van der Waals surface area contributed by atoms with Crippen molar-refractivity contribution < 1.29 is 19.3 Å². The molecule has 8 nitrogen and oxygen atoms in total. The van der Waals surface area contributed by atoms with Gasteiger partial charge in [-0.15, -0.1) is 0 Å². The van der Waals surface area contributed by atoms with Crippen LogP contribution in [0, 0.1) is 15.5 Å². The third kappa shape index (κ3) is 3.07. The van der Waals surface area contributed by atoms with Crippen LogP contribution in [-0.2, 0) is 0 Å². The number of hydrogen-bond donors (Lipinski definition) is 0. The molecule has 4 aromatic carbocycles. The zero-order chi connectivity index (χ0) is 27.6. The van der Waals surface area contributed by atoms with Gasteiger partial charge < -0.3 is 0 Å². The summed E-state index contributed by atoms with van der Waals surface area (Å²) in [5.41, 5.74) is 1.14. The molecule has 0 amide bonds. The lowest BCUT2D eigenvalue weighted by atomic mass is 9.63.